The topological polar surface area (TPSA) is 70.6 Å². The summed E-state index contributed by atoms with van der Waals surface area (Å²) in [4.78, 5) is 25.1. The highest BCUT2D eigenvalue weighted by molar-refractivity contribution is 6.34. The zero-order valence-corrected chi connectivity index (χ0v) is 19.3. The number of ether oxygens (including phenoxy) is 1. The molecule has 2 aliphatic rings. The number of halogens is 2. The Morgan fingerprint density at radius 3 is 2.85 bits per heavy atom. The van der Waals surface area contributed by atoms with Crippen LogP contribution >= 0.6 is 11.6 Å². The molecule has 2 aromatic carbocycles. The first kappa shape index (κ1) is 21.6. The van der Waals surface area contributed by atoms with Gasteiger partial charge in [0.25, 0.3) is 5.91 Å². The fraction of sp³-hybridized carbons (Fsp3) is 0.292. The molecule has 3 heterocycles. The minimum absolute atomic E-state index is 0.0281. The van der Waals surface area contributed by atoms with Gasteiger partial charge >= 0.3 is 0 Å². The molecule has 1 aromatic heterocycles. The second kappa shape index (κ2) is 7.97. The molecule has 0 atom stereocenters. The van der Waals surface area contributed by atoms with Gasteiger partial charge in [0.15, 0.2) is 6.73 Å². The van der Waals surface area contributed by atoms with Gasteiger partial charge in [-0.1, -0.05) is 23.7 Å². The Morgan fingerprint density at radius 2 is 2.06 bits per heavy atom. The zero-order valence-electron chi connectivity index (χ0n) is 18.5. The summed E-state index contributed by atoms with van der Waals surface area (Å²) in [5.74, 6) is -0.633. The summed E-state index contributed by atoms with van der Waals surface area (Å²) < 4.78 is 20.0. The lowest BCUT2D eigenvalue weighted by Crippen LogP contribution is -2.43. The normalized spacial score (nSPS) is 17.2. The number of hydrogen-bond acceptors (Lipinski definition) is 6. The fourth-order valence-electron chi connectivity index (χ4n) is 4.30. The Kier molecular flexibility index (Phi) is 5.22. The van der Waals surface area contributed by atoms with E-state index >= 15 is 0 Å². The molecular weight excluding hydrogens is 445 g/mol. The average Bonchev–Trinajstić information content (AvgIpc) is 2.78. The van der Waals surface area contributed by atoms with E-state index in [4.69, 9.17) is 16.3 Å². The van der Waals surface area contributed by atoms with Gasteiger partial charge in [-0.05, 0) is 62.7 Å². The van der Waals surface area contributed by atoms with Crippen molar-refractivity contribution in [2.45, 2.75) is 25.8 Å². The molecule has 0 saturated carbocycles. The summed E-state index contributed by atoms with van der Waals surface area (Å²) in [6, 6.07) is 10.5. The van der Waals surface area contributed by atoms with Gasteiger partial charge in [0, 0.05) is 24.0 Å². The number of likely N-dealkylation sites (N-methyl/N-ethyl adjacent to an activating group) is 1. The van der Waals surface area contributed by atoms with Crippen LogP contribution in [0, 0.1) is 5.82 Å². The number of carbonyl (C=O) groups is 1. The summed E-state index contributed by atoms with van der Waals surface area (Å²) >= 11 is 6.11. The first-order valence-corrected chi connectivity index (χ1v) is 11.0. The first-order chi connectivity index (χ1) is 15.8. The number of amides is 1. The second-order valence-electron chi connectivity index (χ2n) is 8.72. The summed E-state index contributed by atoms with van der Waals surface area (Å²) in [6.45, 7) is 5.22. The molecule has 0 fully saturated rings. The lowest BCUT2D eigenvalue weighted by Gasteiger charge is -2.41. The number of aromatic nitrogens is 2. The number of fused-ring (bicyclic) bond motifs is 2. The van der Waals surface area contributed by atoms with Crippen LogP contribution in [0.2, 0.25) is 5.02 Å². The Bertz CT molecular complexity index is 1250. The van der Waals surface area contributed by atoms with Crippen molar-refractivity contribution >= 4 is 34.8 Å². The van der Waals surface area contributed by atoms with Crippen molar-refractivity contribution in [2.75, 3.05) is 30.5 Å². The molecule has 0 aliphatic carbocycles. The second-order valence-corrected chi connectivity index (χ2v) is 9.12. The monoisotopic (exact) mass is 467 g/mol. The molecule has 9 heteroatoms. The Morgan fingerprint density at radius 1 is 1.24 bits per heavy atom. The predicted molar refractivity (Wildman–Crippen MR) is 125 cm³/mol. The number of benzene rings is 2. The van der Waals surface area contributed by atoms with Gasteiger partial charge in [0.2, 0.25) is 11.8 Å². The van der Waals surface area contributed by atoms with E-state index in [9.17, 15) is 9.18 Å². The van der Waals surface area contributed by atoms with Crippen molar-refractivity contribution in [1.29, 1.82) is 0 Å². The Labute approximate surface area is 196 Å². The van der Waals surface area contributed by atoms with Gasteiger partial charge < -0.3 is 10.1 Å². The smallest absolute Gasteiger partial charge is 0.268 e. The van der Waals surface area contributed by atoms with Crippen LogP contribution in [0.4, 0.5) is 21.7 Å². The molecule has 170 valence electrons. The van der Waals surface area contributed by atoms with Crippen LogP contribution in [0.5, 0.6) is 5.88 Å². The van der Waals surface area contributed by atoms with E-state index in [2.05, 4.69) is 53.2 Å². The van der Waals surface area contributed by atoms with Crippen molar-refractivity contribution in [3.8, 4) is 5.88 Å². The minimum atomic E-state index is -0.608. The van der Waals surface area contributed by atoms with E-state index in [0.29, 0.717) is 5.95 Å². The molecule has 0 saturated heterocycles. The van der Waals surface area contributed by atoms with Crippen molar-refractivity contribution in [3.05, 3.63) is 70.1 Å². The zero-order chi connectivity index (χ0) is 23.3. The molecular formula is C24H23ClFN5O2. The predicted octanol–water partition coefficient (Wildman–Crippen LogP) is 4.73. The number of para-hydroxylation sites is 1. The van der Waals surface area contributed by atoms with Gasteiger partial charge in [-0.25, -0.2) is 9.37 Å². The number of nitrogens with zero attached hydrogens (tertiary/aromatic N) is 4. The number of rotatable bonds is 3. The summed E-state index contributed by atoms with van der Waals surface area (Å²) in [6.07, 6.45) is 2.34. The minimum Gasteiger partial charge on any atom is -0.455 e. The molecule has 5 rings (SSSR count). The van der Waals surface area contributed by atoms with Crippen molar-refractivity contribution < 1.29 is 13.9 Å². The van der Waals surface area contributed by atoms with Crippen LogP contribution in [-0.2, 0) is 12.0 Å². The van der Waals surface area contributed by atoms with E-state index < -0.39 is 11.7 Å². The third kappa shape index (κ3) is 3.69. The Hall–Kier alpha value is -3.23. The summed E-state index contributed by atoms with van der Waals surface area (Å²) in [7, 11) is 2.14. The van der Waals surface area contributed by atoms with Gasteiger partial charge in [0.05, 0.1) is 5.02 Å². The Balaban J connectivity index is 1.39. The van der Waals surface area contributed by atoms with Crippen molar-refractivity contribution in [3.63, 3.8) is 0 Å². The van der Waals surface area contributed by atoms with E-state index in [0.717, 1.165) is 23.6 Å². The van der Waals surface area contributed by atoms with Gasteiger partial charge in [-0.2, -0.15) is 4.98 Å². The van der Waals surface area contributed by atoms with Crippen LogP contribution in [0.25, 0.3) is 0 Å². The highest BCUT2D eigenvalue weighted by atomic mass is 35.5. The molecule has 0 radical (unpaired) electrons. The van der Waals surface area contributed by atoms with Crippen LogP contribution in [0.3, 0.4) is 0 Å². The lowest BCUT2D eigenvalue weighted by atomic mass is 9.83. The lowest BCUT2D eigenvalue weighted by molar-refractivity contribution is 0.0931. The molecule has 1 N–H and O–H groups in total. The van der Waals surface area contributed by atoms with E-state index in [1.165, 1.54) is 35.5 Å². The number of hydrogen-bond donors (Lipinski definition) is 1. The van der Waals surface area contributed by atoms with Crippen LogP contribution in [0.1, 0.15) is 35.3 Å². The first-order valence-electron chi connectivity index (χ1n) is 10.6. The van der Waals surface area contributed by atoms with E-state index in [-0.39, 0.29) is 34.4 Å². The maximum absolute atomic E-state index is 14.3. The largest absolute Gasteiger partial charge is 0.455 e. The van der Waals surface area contributed by atoms with E-state index in [1.807, 2.05) is 6.07 Å². The molecule has 33 heavy (non-hydrogen) atoms. The van der Waals surface area contributed by atoms with Crippen LogP contribution in [-0.4, -0.2) is 41.1 Å². The highest BCUT2D eigenvalue weighted by Gasteiger charge is 2.33. The van der Waals surface area contributed by atoms with Crippen LogP contribution < -0.4 is 15.0 Å². The van der Waals surface area contributed by atoms with Gasteiger partial charge in [-0.15, -0.1) is 0 Å². The molecule has 1 amide bonds. The molecule has 0 spiro atoms. The van der Waals surface area contributed by atoms with Gasteiger partial charge in [0.1, 0.15) is 17.1 Å². The highest BCUT2D eigenvalue weighted by Crippen LogP contribution is 2.36. The molecule has 2 aliphatic heterocycles. The molecule has 0 unspecified atom stereocenters. The van der Waals surface area contributed by atoms with Crippen molar-refractivity contribution in [1.82, 2.24) is 14.9 Å². The average molecular weight is 468 g/mol. The van der Waals surface area contributed by atoms with Crippen LogP contribution in [0.15, 0.2) is 42.6 Å². The quantitative estimate of drug-likeness (QED) is 0.600. The fourth-order valence-corrected chi connectivity index (χ4v) is 4.57. The third-order valence-electron chi connectivity index (χ3n) is 6.46. The van der Waals surface area contributed by atoms with E-state index in [1.54, 1.807) is 0 Å². The van der Waals surface area contributed by atoms with Crippen molar-refractivity contribution in [2.24, 2.45) is 0 Å². The standard InChI is InChI=1S/C24H23ClFN5O2/c1-24(2)17-8-7-15(11-14(17)9-10-30(24)3)28-23-27-12-16-21(29-23)33-13-31(22(16)32)20-18(25)5-4-6-19(20)26/h4-8,11-12H,9-10,13H2,1-3H3,(H,27,28,29). The maximum Gasteiger partial charge on any atom is 0.268 e. The SMILES string of the molecule is CN1CCc2cc(Nc3ncc4c(n3)OCN(c3c(F)cccc3Cl)C4=O)ccc2C1(C)C. The molecule has 7 nitrogen and oxygen atoms in total. The summed E-state index contributed by atoms with van der Waals surface area (Å²) in [5, 5.41) is 3.32. The maximum atomic E-state index is 14.3. The number of carbonyl (C=O) groups excluding carboxylic acids is 1. The molecule has 0 bridgehead atoms. The third-order valence-corrected chi connectivity index (χ3v) is 6.76. The number of nitrogens with one attached hydrogen (secondary N) is 1. The van der Waals surface area contributed by atoms with Gasteiger partial charge in [-0.3, -0.25) is 14.6 Å². The molecule has 3 aromatic rings. The number of anilines is 3. The summed E-state index contributed by atoms with van der Waals surface area (Å²) in [5.41, 5.74) is 3.52.